The molecule has 0 aliphatic rings. The molecule has 0 fully saturated rings. The largest absolute Gasteiger partial charge is 0.329 e. The maximum Gasteiger partial charge on any atom is 0.250 e. The zero-order valence-electron chi connectivity index (χ0n) is 9.48. The summed E-state index contributed by atoms with van der Waals surface area (Å²) in [6.07, 6.45) is 0. The minimum absolute atomic E-state index is 0. The Labute approximate surface area is 107 Å². The summed E-state index contributed by atoms with van der Waals surface area (Å²) in [7, 11) is -3.39. The molecule has 0 saturated carbocycles. The Hall–Kier alpha value is -0.140. The van der Waals surface area contributed by atoms with Crippen molar-refractivity contribution in [2.45, 2.75) is 31.0 Å². The molecular formula is C9H17ClN2O2S2. The number of halogens is 1. The van der Waals surface area contributed by atoms with E-state index >= 15 is 0 Å². The summed E-state index contributed by atoms with van der Waals surface area (Å²) >= 11 is 1.28. The molecule has 0 bridgehead atoms. The van der Waals surface area contributed by atoms with Crippen LogP contribution in [0.2, 0.25) is 0 Å². The lowest BCUT2D eigenvalue weighted by Gasteiger charge is -2.11. The summed E-state index contributed by atoms with van der Waals surface area (Å²) in [4.78, 5) is 0.994. The van der Waals surface area contributed by atoms with Crippen LogP contribution in [0.5, 0.6) is 0 Å². The second-order valence-electron chi connectivity index (χ2n) is 3.59. The van der Waals surface area contributed by atoms with E-state index in [4.69, 9.17) is 5.73 Å². The topological polar surface area (TPSA) is 72.2 Å². The van der Waals surface area contributed by atoms with Crippen LogP contribution in [0.3, 0.4) is 0 Å². The van der Waals surface area contributed by atoms with Crippen molar-refractivity contribution in [1.29, 1.82) is 0 Å². The number of sulfonamides is 1. The molecule has 1 heterocycles. The van der Waals surface area contributed by atoms with E-state index < -0.39 is 10.0 Å². The second kappa shape index (κ2) is 5.97. The first-order chi connectivity index (χ1) is 6.86. The summed E-state index contributed by atoms with van der Waals surface area (Å²) in [6.45, 7) is 5.73. The summed E-state index contributed by atoms with van der Waals surface area (Å²) < 4.78 is 26.7. The number of hydrogen-bond donors (Lipinski definition) is 2. The fourth-order valence-electron chi connectivity index (χ4n) is 1.25. The van der Waals surface area contributed by atoms with Crippen LogP contribution in [0, 0.1) is 13.8 Å². The van der Waals surface area contributed by atoms with Crippen LogP contribution < -0.4 is 10.5 Å². The molecule has 4 nitrogen and oxygen atoms in total. The first-order valence-corrected chi connectivity index (χ1v) is 6.96. The quantitative estimate of drug-likeness (QED) is 0.878. The van der Waals surface area contributed by atoms with Crippen molar-refractivity contribution in [3.63, 3.8) is 0 Å². The lowest BCUT2D eigenvalue weighted by Crippen LogP contribution is -2.37. The van der Waals surface area contributed by atoms with Crippen LogP contribution in [-0.4, -0.2) is 21.0 Å². The van der Waals surface area contributed by atoms with E-state index in [0.29, 0.717) is 10.8 Å². The molecule has 0 saturated heterocycles. The normalized spacial score (nSPS) is 13.2. The smallest absolute Gasteiger partial charge is 0.250 e. The van der Waals surface area contributed by atoms with Gasteiger partial charge in [-0.3, -0.25) is 0 Å². The minimum Gasteiger partial charge on any atom is -0.329 e. The van der Waals surface area contributed by atoms with Crippen LogP contribution in [0.25, 0.3) is 0 Å². The highest BCUT2D eigenvalue weighted by atomic mass is 35.5. The van der Waals surface area contributed by atoms with E-state index in [1.54, 1.807) is 13.8 Å². The Morgan fingerprint density at radius 1 is 1.50 bits per heavy atom. The Kier molecular flexibility index (Phi) is 5.92. The Morgan fingerprint density at radius 3 is 2.44 bits per heavy atom. The van der Waals surface area contributed by atoms with Gasteiger partial charge >= 0.3 is 0 Å². The fourth-order valence-corrected chi connectivity index (χ4v) is 4.19. The van der Waals surface area contributed by atoms with Crippen LogP contribution in [-0.2, 0) is 10.0 Å². The van der Waals surface area contributed by atoms with Crippen LogP contribution in [0.1, 0.15) is 17.4 Å². The molecule has 0 aliphatic carbocycles. The molecule has 0 amide bonds. The molecule has 3 N–H and O–H groups in total. The number of thiophene rings is 1. The molecule has 94 valence electrons. The van der Waals surface area contributed by atoms with Gasteiger partial charge in [-0.25, -0.2) is 13.1 Å². The summed E-state index contributed by atoms with van der Waals surface area (Å²) in [5.74, 6) is 0. The lowest BCUT2D eigenvalue weighted by molar-refractivity contribution is 0.564. The predicted molar refractivity (Wildman–Crippen MR) is 69.9 cm³/mol. The van der Waals surface area contributed by atoms with Crippen LogP contribution in [0.15, 0.2) is 10.3 Å². The lowest BCUT2D eigenvalue weighted by atomic mass is 10.4. The average molecular weight is 285 g/mol. The zero-order valence-corrected chi connectivity index (χ0v) is 11.9. The van der Waals surface area contributed by atoms with Crippen LogP contribution in [0.4, 0.5) is 0 Å². The van der Waals surface area contributed by atoms with Crippen molar-refractivity contribution in [1.82, 2.24) is 4.72 Å². The Bertz CT molecular complexity index is 442. The molecule has 16 heavy (non-hydrogen) atoms. The van der Waals surface area contributed by atoms with Crippen LogP contribution >= 0.6 is 23.7 Å². The highest BCUT2D eigenvalue weighted by molar-refractivity contribution is 7.91. The van der Waals surface area contributed by atoms with Gasteiger partial charge in [-0.05, 0) is 32.4 Å². The monoisotopic (exact) mass is 284 g/mol. The molecule has 0 spiro atoms. The number of hydrogen-bond acceptors (Lipinski definition) is 4. The van der Waals surface area contributed by atoms with E-state index in [2.05, 4.69) is 4.72 Å². The summed E-state index contributed by atoms with van der Waals surface area (Å²) in [5.41, 5.74) is 6.16. The van der Waals surface area contributed by atoms with Crippen molar-refractivity contribution >= 4 is 33.8 Å². The molecule has 0 unspecified atom stereocenters. The van der Waals surface area contributed by atoms with Gasteiger partial charge in [0.15, 0.2) is 0 Å². The molecule has 1 aromatic heterocycles. The van der Waals surface area contributed by atoms with Gasteiger partial charge in [0.25, 0.3) is 10.0 Å². The fraction of sp³-hybridized carbons (Fsp3) is 0.556. The molecule has 7 heteroatoms. The van der Waals surface area contributed by atoms with Crippen molar-refractivity contribution in [2.24, 2.45) is 5.73 Å². The molecule has 0 radical (unpaired) electrons. The predicted octanol–water partition coefficient (Wildman–Crippen LogP) is 1.41. The molecule has 1 aromatic rings. The zero-order chi connectivity index (χ0) is 11.6. The Morgan fingerprint density at radius 2 is 2.06 bits per heavy atom. The number of nitrogens with two attached hydrogens (primary N) is 1. The maximum atomic E-state index is 11.9. The number of rotatable bonds is 4. The third-order valence-corrected chi connectivity index (χ3v) is 5.33. The third kappa shape index (κ3) is 3.71. The molecular weight excluding hydrogens is 268 g/mol. The summed E-state index contributed by atoms with van der Waals surface area (Å²) in [5, 5.41) is 0. The van der Waals surface area contributed by atoms with Gasteiger partial charge in [0.1, 0.15) is 4.21 Å². The maximum absolute atomic E-state index is 11.9. The third-order valence-electron chi connectivity index (χ3n) is 1.95. The van der Waals surface area contributed by atoms with E-state index in [9.17, 15) is 8.42 Å². The molecule has 0 aromatic carbocycles. The second-order valence-corrected chi connectivity index (χ2v) is 6.75. The molecule has 0 aliphatic heterocycles. The molecule has 1 rings (SSSR count). The van der Waals surface area contributed by atoms with Gasteiger partial charge in [-0.15, -0.1) is 23.7 Å². The minimum atomic E-state index is -3.39. The Balaban J connectivity index is 0.00000225. The standard InChI is InChI=1S/C9H16N2O2S2.ClH/c1-6-4-8(3)14-9(6)15(12,13)11-7(2)5-10;/h4,7,11H,5,10H2,1-3H3;1H/t7-;/m1./s1. The van der Waals surface area contributed by atoms with Crippen molar-refractivity contribution < 1.29 is 8.42 Å². The van der Waals surface area contributed by atoms with Gasteiger partial charge in [-0.1, -0.05) is 0 Å². The van der Waals surface area contributed by atoms with E-state index in [1.807, 2.05) is 13.0 Å². The van der Waals surface area contributed by atoms with Gasteiger partial charge < -0.3 is 5.73 Å². The number of aryl methyl sites for hydroxylation is 2. The van der Waals surface area contributed by atoms with E-state index in [-0.39, 0.29) is 18.4 Å². The SMILES string of the molecule is Cc1cc(C)c(S(=O)(=O)N[C@H](C)CN)s1.Cl. The van der Waals surface area contributed by atoms with E-state index in [0.717, 1.165) is 10.4 Å². The van der Waals surface area contributed by atoms with Gasteiger partial charge in [0.2, 0.25) is 0 Å². The first-order valence-electron chi connectivity index (χ1n) is 4.66. The van der Waals surface area contributed by atoms with Gasteiger partial charge in [0.05, 0.1) is 0 Å². The highest BCUT2D eigenvalue weighted by Gasteiger charge is 2.20. The number of nitrogens with one attached hydrogen (secondary N) is 1. The van der Waals surface area contributed by atoms with Gasteiger partial charge in [0, 0.05) is 17.5 Å². The summed E-state index contributed by atoms with van der Waals surface area (Å²) in [6, 6.07) is 1.63. The first kappa shape index (κ1) is 15.9. The highest BCUT2D eigenvalue weighted by Crippen LogP contribution is 2.25. The van der Waals surface area contributed by atoms with Crippen molar-refractivity contribution in [3.8, 4) is 0 Å². The van der Waals surface area contributed by atoms with Gasteiger partial charge in [-0.2, -0.15) is 0 Å². The van der Waals surface area contributed by atoms with Crippen molar-refractivity contribution in [2.75, 3.05) is 6.54 Å². The van der Waals surface area contributed by atoms with E-state index in [1.165, 1.54) is 11.3 Å². The molecule has 1 atom stereocenters. The van der Waals surface area contributed by atoms with Crippen molar-refractivity contribution in [3.05, 3.63) is 16.5 Å². The average Bonchev–Trinajstić information content (AvgIpc) is 2.45.